The molecule has 1 rings (SSSR count). The van der Waals surface area contributed by atoms with Crippen LogP contribution < -0.4 is 5.32 Å². The van der Waals surface area contributed by atoms with E-state index in [2.05, 4.69) is 29.1 Å². The highest BCUT2D eigenvalue weighted by Gasteiger charge is 2.07. The van der Waals surface area contributed by atoms with Gasteiger partial charge in [-0.1, -0.05) is 11.8 Å². The Balaban J connectivity index is 3.07. The summed E-state index contributed by atoms with van der Waals surface area (Å²) >= 11 is 1.57. The van der Waals surface area contributed by atoms with E-state index in [9.17, 15) is 0 Å². The largest absolute Gasteiger partial charge is 0.368 e. The molecule has 78 valence electrons. The van der Waals surface area contributed by atoms with E-state index in [4.69, 9.17) is 0 Å². The van der Waals surface area contributed by atoms with Crippen LogP contribution in [0, 0.1) is 13.8 Å². The Labute approximate surface area is 89.7 Å². The molecule has 1 heterocycles. The average molecular weight is 211 g/mol. The van der Waals surface area contributed by atoms with Gasteiger partial charge in [-0.2, -0.15) is 0 Å². The highest BCUT2D eigenvalue weighted by atomic mass is 32.2. The summed E-state index contributed by atoms with van der Waals surface area (Å²) in [7, 11) is 0. The lowest BCUT2D eigenvalue weighted by Crippen LogP contribution is -2.13. The van der Waals surface area contributed by atoms with Gasteiger partial charge < -0.3 is 5.32 Å². The molecule has 0 saturated heterocycles. The van der Waals surface area contributed by atoms with Crippen LogP contribution in [-0.4, -0.2) is 22.3 Å². The molecule has 0 atom stereocenters. The van der Waals surface area contributed by atoms with E-state index in [1.165, 1.54) is 0 Å². The van der Waals surface area contributed by atoms with Gasteiger partial charge in [-0.15, -0.1) is 0 Å². The van der Waals surface area contributed by atoms with Crippen LogP contribution in [-0.2, 0) is 0 Å². The quantitative estimate of drug-likeness (QED) is 0.616. The lowest BCUT2D eigenvalue weighted by Gasteiger charge is -2.13. The van der Waals surface area contributed by atoms with E-state index in [1.807, 2.05) is 20.1 Å². The Bertz CT molecular complexity index is 323. The first kappa shape index (κ1) is 11.3. The molecule has 1 N–H and O–H groups in total. The summed E-state index contributed by atoms with van der Waals surface area (Å²) in [5, 5.41) is 4.15. The normalized spacial score (nSPS) is 10.7. The molecular formula is C10H17N3S. The summed E-state index contributed by atoms with van der Waals surface area (Å²) < 4.78 is 0. The van der Waals surface area contributed by atoms with Gasteiger partial charge >= 0.3 is 0 Å². The van der Waals surface area contributed by atoms with Crippen molar-refractivity contribution in [2.45, 2.75) is 38.9 Å². The van der Waals surface area contributed by atoms with E-state index in [1.54, 1.807) is 11.8 Å². The first-order valence-electron chi connectivity index (χ1n) is 4.70. The van der Waals surface area contributed by atoms with Crippen LogP contribution >= 0.6 is 11.8 Å². The van der Waals surface area contributed by atoms with Crippen LogP contribution in [0.25, 0.3) is 0 Å². The van der Waals surface area contributed by atoms with Gasteiger partial charge in [-0.25, -0.2) is 9.97 Å². The van der Waals surface area contributed by atoms with Gasteiger partial charge in [-0.3, -0.25) is 0 Å². The molecule has 0 aliphatic carbocycles. The molecule has 1 aromatic rings. The second-order valence-electron chi connectivity index (χ2n) is 3.57. The van der Waals surface area contributed by atoms with E-state index in [0.717, 1.165) is 22.2 Å². The fourth-order valence-electron chi connectivity index (χ4n) is 1.11. The van der Waals surface area contributed by atoms with Gasteiger partial charge in [-0.05, 0) is 34.0 Å². The van der Waals surface area contributed by atoms with Crippen molar-refractivity contribution in [3.63, 3.8) is 0 Å². The number of hydrogen-bond donors (Lipinski definition) is 1. The third kappa shape index (κ3) is 2.61. The molecule has 0 unspecified atom stereocenters. The van der Waals surface area contributed by atoms with E-state index >= 15 is 0 Å². The Kier molecular flexibility index (Phi) is 3.75. The Morgan fingerprint density at radius 2 is 1.86 bits per heavy atom. The number of thioether (sulfide) groups is 1. The fourth-order valence-corrected chi connectivity index (χ4v) is 1.52. The molecule has 0 aromatic carbocycles. The number of aromatic nitrogens is 2. The smallest absolute Gasteiger partial charge is 0.189 e. The number of nitrogens with zero attached hydrogens (tertiary/aromatic N) is 2. The number of anilines is 1. The average Bonchev–Trinajstić information content (AvgIpc) is 2.11. The van der Waals surface area contributed by atoms with Gasteiger partial charge in [0.05, 0.1) is 0 Å². The van der Waals surface area contributed by atoms with Gasteiger partial charge in [0.1, 0.15) is 5.82 Å². The number of hydrogen-bond acceptors (Lipinski definition) is 4. The monoisotopic (exact) mass is 211 g/mol. The second kappa shape index (κ2) is 4.64. The molecule has 0 fully saturated rings. The lowest BCUT2D eigenvalue weighted by atomic mass is 10.2. The van der Waals surface area contributed by atoms with Crippen molar-refractivity contribution < 1.29 is 0 Å². The third-order valence-electron chi connectivity index (χ3n) is 1.98. The van der Waals surface area contributed by atoms with Crippen molar-refractivity contribution >= 4 is 17.6 Å². The molecule has 0 radical (unpaired) electrons. The van der Waals surface area contributed by atoms with Crippen LogP contribution in [0.15, 0.2) is 5.16 Å². The molecule has 0 spiro atoms. The predicted molar refractivity (Wildman–Crippen MR) is 62.0 cm³/mol. The summed E-state index contributed by atoms with van der Waals surface area (Å²) in [5.74, 6) is 0.955. The summed E-state index contributed by atoms with van der Waals surface area (Å²) in [6.07, 6.45) is 1.99. The van der Waals surface area contributed by atoms with Gasteiger partial charge in [0.15, 0.2) is 5.16 Å². The predicted octanol–water partition coefficient (Wildman–Crippen LogP) is 2.64. The van der Waals surface area contributed by atoms with Crippen molar-refractivity contribution in [2.75, 3.05) is 11.6 Å². The molecule has 14 heavy (non-hydrogen) atoms. The first-order valence-corrected chi connectivity index (χ1v) is 5.92. The van der Waals surface area contributed by atoms with Crippen LogP contribution in [0.1, 0.15) is 25.1 Å². The zero-order chi connectivity index (χ0) is 10.7. The van der Waals surface area contributed by atoms with E-state index in [0.29, 0.717) is 6.04 Å². The van der Waals surface area contributed by atoms with Crippen LogP contribution in [0.3, 0.4) is 0 Å². The summed E-state index contributed by atoms with van der Waals surface area (Å²) in [4.78, 5) is 8.80. The highest BCUT2D eigenvalue weighted by Crippen LogP contribution is 2.19. The van der Waals surface area contributed by atoms with Crippen molar-refractivity contribution in [1.82, 2.24) is 9.97 Å². The molecule has 0 amide bonds. The van der Waals surface area contributed by atoms with Gasteiger partial charge in [0, 0.05) is 17.3 Å². The SMILES string of the molecule is CSc1nc(C)c(C)c(NC(C)C)n1. The molecule has 1 aromatic heterocycles. The fraction of sp³-hybridized carbons (Fsp3) is 0.600. The van der Waals surface area contributed by atoms with Crippen molar-refractivity contribution in [3.8, 4) is 0 Å². The minimum absolute atomic E-state index is 0.401. The molecule has 0 bridgehead atoms. The maximum absolute atomic E-state index is 4.43. The van der Waals surface area contributed by atoms with Gasteiger partial charge in [0.2, 0.25) is 0 Å². The van der Waals surface area contributed by atoms with Crippen LogP contribution in [0.2, 0.25) is 0 Å². The van der Waals surface area contributed by atoms with Crippen molar-refractivity contribution in [2.24, 2.45) is 0 Å². The third-order valence-corrected chi connectivity index (χ3v) is 2.52. The zero-order valence-electron chi connectivity index (χ0n) is 9.38. The zero-order valence-corrected chi connectivity index (χ0v) is 10.2. The Morgan fingerprint density at radius 1 is 1.21 bits per heavy atom. The Morgan fingerprint density at radius 3 is 2.36 bits per heavy atom. The minimum Gasteiger partial charge on any atom is -0.368 e. The summed E-state index contributed by atoms with van der Waals surface area (Å²) in [5.41, 5.74) is 2.18. The lowest BCUT2D eigenvalue weighted by molar-refractivity contribution is 0.850. The molecule has 0 aliphatic heterocycles. The topological polar surface area (TPSA) is 37.8 Å². The number of aryl methyl sites for hydroxylation is 1. The first-order chi connectivity index (χ1) is 6.54. The highest BCUT2D eigenvalue weighted by molar-refractivity contribution is 7.98. The van der Waals surface area contributed by atoms with Crippen LogP contribution in [0.5, 0.6) is 0 Å². The van der Waals surface area contributed by atoms with Crippen molar-refractivity contribution in [3.05, 3.63) is 11.3 Å². The molecule has 0 aliphatic rings. The van der Waals surface area contributed by atoms with E-state index in [-0.39, 0.29) is 0 Å². The molecule has 3 nitrogen and oxygen atoms in total. The van der Waals surface area contributed by atoms with Crippen molar-refractivity contribution in [1.29, 1.82) is 0 Å². The van der Waals surface area contributed by atoms with Gasteiger partial charge in [0.25, 0.3) is 0 Å². The van der Waals surface area contributed by atoms with Crippen LogP contribution in [0.4, 0.5) is 5.82 Å². The number of rotatable bonds is 3. The van der Waals surface area contributed by atoms with E-state index < -0.39 is 0 Å². The maximum atomic E-state index is 4.43. The summed E-state index contributed by atoms with van der Waals surface area (Å²) in [6.45, 7) is 8.28. The maximum Gasteiger partial charge on any atom is 0.189 e. The minimum atomic E-state index is 0.401. The molecular weight excluding hydrogens is 194 g/mol. The number of nitrogens with one attached hydrogen (secondary N) is 1. The molecule has 4 heteroatoms. The summed E-state index contributed by atoms with van der Waals surface area (Å²) in [6, 6.07) is 0.401. The second-order valence-corrected chi connectivity index (χ2v) is 4.34. The molecule has 0 saturated carbocycles. The standard InChI is InChI=1S/C10H17N3S/c1-6(2)11-9-7(3)8(4)12-10(13-9)14-5/h6H,1-5H3,(H,11,12,13). The Hall–Kier alpha value is -0.770.